The van der Waals surface area contributed by atoms with Gasteiger partial charge in [-0.15, -0.1) is 0 Å². The van der Waals surface area contributed by atoms with Crippen molar-refractivity contribution in [3.63, 3.8) is 0 Å². The van der Waals surface area contributed by atoms with Gasteiger partial charge in [-0.25, -0.2) is 0 Å². The molecular weight excluding hydrogens is 318 g/mol. The Kier molecular flexibility index (Phi) is 5.63. The molecule has 1 N–H and O–H groups in total. The normalized spacial score (nSPS) is 10.5. The summed E-state index contributed by atoms with van der Waals surface area (Å²) in [5, 5.41) is 9.58. The molecule has 2 atom stereocenters. The maximum absolute atomic E-state index is 9.58. The Morgan fingerprint density at radius 2 is 1.45 bits per heavy atom. The van der Waals surface area contributed by atoms with Gasteiger partial charge < -0.3 is 18.9 Å². The molecule has 0 aromatic heterocycles. The standard InChI is InChI=1S/C16H20O4P2/c1-9-4-11(8-17)15(19-21)12(5-9)13-6-10(2)7-14(18-3)16(13)20-22/h4-7,17H,8,21-22H2,1-3H3. The Labute approximate surface area is 135 Å². The van der Waals surface area contributed by atoms with E-state index in [0.717, 1.165) is 27.8 Å². The Bertz CT molecular complexity index is 627. The van der Waals surface area contributed by atoms with Crippen molar-refractivity contribution < 1.29 is 18.9 Å². The summed E-state index contributed by atoms with van der Waals surface area (Å²) in [7, 11) is 6.09. The van der Waals surface area contributed by atoms with Crippen molar-refractivity contribution in [2.45, 2.75) is 20.5 Å². The first-order chi connectivity index (χ1) is 10.5. The van der Waals surface area contributed by atoms with Crippen molar-refractivity contribution in [2.24, 2.45) is 0 Å². The SMILES string of the molecule is COc1cc(C)cc(-c2cc(C)cc(CO)c2OP)c1OP. The van der Waals surface area contributed by atoms with Crippen LogP contribution in [0.4, 0.5) is 0 Å². The number of aryl methyl sites for hydroxylation is 2. The highest BCUT2D eigenvalue weighted by Gasteiger charge is 2.19. The van der Waals surface area contributed by atoms with Crippen molar-refractivity contribution in [2.75, 3.05) is 7.11 Å². The van der Waals surface area contributed by atoms with Gasteiger partial charge in [-0.3, -0.25) is 0 Å². The third-order valence-corrected chi connectivity index (χ3v) is 3.90. The van der Waals surface area contributed by atoms with Crippen LogP contribution in [0.5, 0.6) is 17.2 Å². The van der Waals surface area contributed by atoms with E-state index in [1.54, 1.807) is 7.11 Å². The molecule has 118 valence electrons. The molecule has 0 amide bonds. The Balaban J connectivity index is 2.81. The van der Waals surface area contributed by atoms with Gasteiger partial charge >= 0.3 is 0 Å². The second-order valence-electron chi connectivity index (χ2n) is 5.04. The van der Waals surface area contributed by atoms with Crippen LogP contribution in [-0.2, 0) is 6.61 Å². The number of benzene rings is 2. The van der Waals surface area contributed by atoms with Crippen LogP contribution in [0.15, 0.2) is 24.3 Å². The fraction of sp³-hybridized carbons (Fsp3) is 0.250. The van der Waals surface area contributed by atoms with E-state index in [-0.39, 0.29) is 6.61 Å². The number of rotatable bonds is 5. The largest absolute Gasteiger partial charge is 0.493 e. The van der Waals surface area contributed by atoms with Crippen LogP contribution in [0.2, 0.25) is 0 Å². The minimum absolute atomic E-state index is 0.0988. The van der Waals surface area contributed by atoms with Gasteiger partial charge in [0.1, 0.15) is 5.75 Å². The van der Waals surface area contributed by atoms with Gasteiger partial charge in [0, 0.05) is 16.7 Å². The van der Waals surface area contributed by atoms with E-state index in [1.807, 2.05) is 38.1 Å². The molecule has 0 aliphatic heterocycles. The first-order valence-electron chi connectivity index (χ1n) is 6.72. The molecule has 0 fully saturated rings. The van der Waals surface area contributed by atoms with E-state index in [4.69, 9.17) is 13.8 Å². The predicted molar refractivity (Wildman–Crippen MR) is 94.5 cm³/mol. The maximum atomic E-state index is 9.58. The summed E-state index contributed by atoms with van der Waals surface area (Å²) in [5.74, 6) is 1.86. The molecule has 2 aromatic rings. The Morgan fingerprint density at radius 3 is 1.95 bits per heavy atom. The second kappa shape index (κ2) is 7.28. The molecule has 6 heteroatoms. The summed E-state index contributed by atoms with van der Waals surface area (Å²) in [6.07, 6.45) is 0. The van der Waals surface area contributed by atoms with Crippen LogP contribution < -0.4 is 13.8 Å². The van der Waals surface area contributed by atoms with E-state index >= 15 is 0 Å². The van der Waals surface area contributed by atoms with Crippen molar-refractivity contribution >= 4 is 18.9 Å². The predicted octanol–water partition coefficient (Wildman–Crippen LogP) is 3.81. The third kappa shape index (κ3) is 3.20. The first-order valence-corrected chi connectivity index (χ1v) is 7.66. The number of hydrogen-bond donors (Lipinski definition) is 1. The lowest BCUT2D eigenvalue weighted by molar-refractivity contribution is 0.279. The molecule has 0 heterocycles. The molecule has 0 radical (unpaired) electrons. The molecule has 0 bridgehead atoms. The summed E-state index contributed by atoms with van der Waals surface area (Å²) in [5.41, 5.74) is 4.49. The first kappa shape index (κ1) is 17.0. The average molecular weight is 338 g/mol. The third-order valence-electron chi connectivity index (χ3n) is 3.43. The Hall–Kier alpha value is -1.34. The summed E-state index contributed by atoms with van der Waals surface area (Å²) in [6.45, 7) is 3.87. The monoisotopic (exact) mass is 338 g/mol. The summed E-state index contributed by atoms with van der Waals surface area (Å²) in [6, 6.07) is 7.81. The zero-order valence-electron chi connectivity index (χ0n) is 12.8. The molecule has 0 saturated carbocycles. The van der Waals surface area contributed by atoms with Crippen LogP contribution >= 0.6 is 18.9 Å². The molecule has 2 aromatic carbocycles. The van der Waals surface area contributed by atoms with Crippen molar-refractivity contribution in [1.82, 2.24) is 0 Å². The van der Waals surface area contributed by atoms with Gasteiger partial charge in [-0.05, 0) is 43.2 Å². The zero-order chi connectivity index (χ0) is 16.3. The van der Waals surface area contributed by atoms with E-state index in [0.29, 0.717) is 17.2 Å². The van der Waals surface area contributed by atoms with Crippen LogP contribution in [0.3, 0.4) is 0 Å². The molecule has 0 aliphatic carbocycles. The van der Waals surface area contributed by atoms with Gasteiger partial charge in [-0.1, -0.05) is 6.07 Å². The molecule has 0 aliphatic rings. The van der Waals surface area contributed by atoms with Crippen molar-refractivity contribution in [3.8, 4) is 28.4 Å². The lowest BCUT2D eigenvalue weighted by Gasteiger charge is -2.18. The topological polar surface area (TPSA) is 47.9 Å². The molecule has 2 unspecified atom stereocenters. The zero-order valence-corrected chi connectivity index (χ0v) is 15.2. The minimum Gasteiger partial charge on any atom is -0.493 e. The molecule has 0 spiro atoms. The van der Waals surface area contributed by atoms with Crippen LogP contribution in [-0.4, -0.2) is 12.2 Å². The van der Waals surface area contributed by atoms with Gasteiger partial charge in [0.2, 0.25) is 0 Å². The number of ether oxygens (including phenoxy) is 1. The fourth-order valence-corrected chi connectivity index (χ4v) is 3.04. The van der Waals surface area contributed by atoms with Crippen molar-refractivity contribution in [3.05, 3.63) is 41.0 Å². The van der Waals surface area contributed by atoms with E-state index < -0.39 is 0 Å². The fourth-order valence-electron chi connectivity index (χ4n) is 2.52. The van der Waals surface area contributed by atoms with E-state index in [9.17, 15) is 5.11 Å². The number of aliphatic hydroxyl groups is 1. The minimum atomic E-state index is -0.0988. The van der Waals surface area contributed by atoms with E-state index in [2.05, 4.69) is 18.9 Å². The smallest absolute Gasteiger partial charge is 0.172 e. The second-order valence-corrected chi connectivity index (χ2v) is 5.51. The van der Waals surface area contributed by atoms with Crippen LogP contribution in [0.1, 0.15) is 16.7 Å². The van der Waals surface area contributed by atoms with Crippen LogP contribution in [0, 0.1) is 13.8 Å². The molecule has 4 nitrogen and oxygen atoms in total. The summed E-state index contributed by atoms with van der Waals surface area (Å²) >= 11 is 0. The van der Waals surface area contributed by atoms with Gasteiger partial charge in [0.25, 0.3) is 0 Å². The highest BCUT2D eigenvalue weighted by molar-refractivity contribution is 7.10. The molecule has 2 rings (SSSR count). The lowest BCUT2D eigenvalue weighted by atomic mass is 9.96. The molecular formula is C16H20O4P2. The average Bonchev–Trinajstić information content (AvgIpc) is 2.52. The quantitative estimate of drug-likeness (QED) is 0.842. The van der Waals surface area contributed by atoms with Gasteiger partial charge in [0.15, 0.2) is 11.5 Å². The molecule has 22 heavy (non-hydrogen) atoms. The summed E-state index contributed by atoms with van der Waals surface area (Å²) < 4.78 is 16.3. The van der Waals surface area contributed by atoms with Gasteiger partial charge in [-0.2, -0.15) is 0 Å². The van der Waals surface area contributed by atoms with Crippen LogP contribution in [0.25, 0.3) is 11.1 Å². The number of methoxy groups -OCH3 is 1. The Morgan fingerprint density at radius 1 is 0.909 bits per heavy atom. The highest BCUT2D eigenvalue weighted by Crippen LogP contribution is 2.45. The highest BCUT2D eigenvalue weighted by atomic mass is 31.0. The van der Waals surface area contributed by atoms with Crippen molar-refractivity contribution in [1.29, 1.82) is 0 Å². The summed E-state index contributed by atoms with van der Waals surface area (Å²) in [4.78, 5) is 0. The number of aliphatic hydroxyl groups excluding tert-OH is 1. The maximum Gasteiger partial charge on any atom is 0.172 e. The lowest BCUT2D eigenvalue weighted by Crippen LogP contribution is -1.96. The van der Waals surface area contributed by atoms with E-state index in [1.165, 1.54) is 0 Å². The molecule has 0 saturated heterocycles. The van der Waals surface area contributed by atoms with Gasteiger partial charge in [0.05, 0.1) is 32.7 Å². The number of hydrogen-bond acceptors (Lipinski definition) is 4.